The lowest BCUT2D eigenvalue weighted by Gasteiger charge is -2.43. The number of ether oxygens (including phenoxy) is 2. The predicted octanol–water partition coefficient (Wildman–Crippen LogP) is 4.76. The molecule has 6 rings (SSSR count). The van der Waals surface area contributed by atoms with Crippen LogP contribution >= 0.6 is 11.3 Å². The van der Waals surface area contributed by atoms with Crippen LogP contribution in [-0.4, -0.2) is 102 Å². The van der Waals surface area contributed by atoms with Crippen molar-refractivity contribution in [3.05, 3.63) is 61.3 Å². The van der Waals surface area contributed by atoms with Gasteiger partial charge in [-0.25, -0.2) is 9.97 Å². The summed E-state index contributed by atoms with van der Waals surface area (Å²) >= 11 is 1.44. The van der Waals surface area contributed by atoms with Crippen molar-refractivity contribution in [1.29, 1.82) is 0 Å². The van der Waals surface area contributed by atoms with E-state index < -0.39 is 0 Å². The number of rotatable bonds is 10. The number of likely N-dealkylation sites (N-methyl/N-ethyl adjacent to an activating group) is 1. The van der Waals surface area contributed by atoms with Gasteiger partial charge in [-0.1, -0.05) is 17.9 Å². The van der Waals surface area contributed by atoms with Crippen molar-refractivity contribution in [2.75, 3.05) is 76.1 Å². The Labute approximate surface area is 273 Å². The molecular weight excluding hydrogens is 602 g/mol. The van der Waals surface area contributed by atoms with Crippen LogP contribution < -0.4 is 25.0 Å². The van der Waals surface area contributed by atoms with Crippen LogP contribution in [0.1, 0.15) is 12.8 Å². The number of aromatic nitrogens is 4. The molecule has 46 heavy (non-hydrogen) atoms. The van der Waals surface area contributed by atoms with E-state index in [2.05, 4.69) is 54.1 Å². The maximum absolute atomic E-state index is 12.5. The molecule has 4 aromatic rings. The van der Waals surface area contributed by atoms with Gasteiger partial charge in [-0.2, -0.15) is 0 Å². The molecule has 0 spiro atoms. The number of anilines is 4. The molecule has 2 aliphatic heterocycles. The SMILES string of the molecule is C=CC(=O)Nc1cc(Nc2nccc(-c3nnc(-c4ccc(OC)cc4)s3)n2)c(OC)cc1N1CCC(N2CCN(C)CC2)CC1. The third-order valence-electron chi connectivity index (χ3n) is 8.50. The first-order valence-electron chi connectivity index (χ1n) is 15.4. The first-order chi connectivity index (χ1) is 22.4. The second-order valence-electron chi connectivity index (χ2n) is 11.4. The predicted molar refractivity (Wildman–Crippen MR) is 182 cm³/mol. The van der Waals surface area contributed by atoms with Crippen LogP contribution in [0.25, 0.3) is 21.3 Å². The van der Waals surface area contributed by atoms with Crippen LogP contribution in [0.5, 0.6) is 11.5 Å². The Hall–Kier alpha value is -4.59. The Morgan fingerprint density at radius 3 is 2.39 bits per heavy atom. The molecule has 2 aromatic heterocycles. The molecule has 0 aliphatic carbocycles. The second kappa shape index (κ2) is 14.2. The van der Waals surface area contributed by atoms with E-state index in [0.717, 1.165) is 74.1 Å². The van der Waals surface area contributed by atoms with E-state index in [1.165, 1.54) is 17.4 Å². The van der Waals surface area contributed by atoms with Crippen LogP contribution in [0, 0.1) is 0 Å². The molecule has 240 valence electrons. The molecule has 0 saturated carbocycles. The highest BCUT2D eigenvalue weighted by Crippen LogP contribution is 2.40. The minimum Gasteiger partial charge on any atom is -0.497 e. The molecule has 2 saturated heterocycles. The van der Waals surface area contributed by atoms with Gasteiger partial charge in [0.25, 0.3) is 0 Å². The molecule has 2 aliphatic rings. The normalized spacial score (nSPS) is 16.2. The van der Waals surface area contributed by atoms with E-state index in [9.17, 15) is 4.79 Å². The lowest BCUT2D eigenvalue weighted by molar-refractivity contribution is -0.111. The lowest BCUT2D eigenvalue weighted by atomic mass is 10.0. The smallest absolute Gasteiger partial charge is 0.247 e. The number of carbonyl (C=O) groups excluding carboxylic acids is 1. The number of benzene rings is 2. The third kappa shape index (κ3) is 7.11. The van der Waals surface area contributed by atoms with E-state index in [4.69, 9.17) is 14.5 Å². The fraction of sp³-hybridized carbons (Fsp3) is 0.364. The summed E-state index contributed by atoms with van der Waals surface area (Å²) < 4.78 is 11.1. The van der Waals surface area contributed by atoms with E-state index in [0.29, 0.717) is 39.8 Å². The first-order valence-corrected chi connectivity index (χ1v) is 16.2. The van der Waals surface area contributed by atoms with Crippen molar-refractivity contribution in [1.82, 2.24) is 30.0 Å². The quantitative estimate of drug-likeness (QED) is 0.233. The molecule has 2 N–H and O–H groups in total. The molecular formula is C33H39N9O3S. The number of amides is 1. The summed E-state index contributed by atoms with van der Waals surface area (Å²) in [5.74, 6) is 1.46. The number of nitrogens with one attached hydrogen (secondary N) is 2. The summed E-state index contributed by atoms with van der Waals surface area (Å²) in [7, 11) is 5.46. The third-order valence-corrected chi connectivity index (χ3v) is 9.50. The van der Waals surface area contributed by atoms with Crippen LogP contribution in [0.15, 0.2) is 61.3 Å². The topological polar surface area (TPSA) is 121 Å². The molecule has 12 nitrogen and oxygen atoms in total. The van der Waals surface area contributed by atoms with Crippen molar-refractivity contribution in [3.8, 4) is 32.8 Å². The Morgan fingerprint density at radius 1 is 0.957 bits per heavy atom. The van der Waals surface area contributed by atoms with Gasteiger partial charge in [0.2, 0.25) is 11.9 Å². The van der Waals surface area contributed by atoms with Gasteiger partial charge in [-0.3, -0.25) is 9.69 Å². The van der Waals surface area contributed by atoms with Crippen LogP contribution in [0.2, 0.25) is 0 Å². The summed E-state index contributed by atoms with van der Waals surface area (Å²) in [6.45, 7) is 9.87. The number of hydrogen-bond donors (Lipinski definition) is 2. The van der Waals surface area contributed by atoms with Gasteiger partial charge in [-0.05, 0) is 62.4 Å². The van der Waals surface area contributed by atoms with Crippen molar-refractivity contribution < 1.29 is 14.3 Å². The van der Waals surface area contributed by atoms with Gasteiger partial charge in [-0.15, -0.1) is 10.2 Å². The molecule has 0 bridgehead atoms. The van der Waals surface area contributed by atoms with E-state index in [1.807, 2.05) is 36.4 Å². The second-order valence-corrected chi connectivity index (χ2v) is 12.3. The Balaban J connectivity index is 1.21. The number of piperazine rings is 1. The number of methoxy groups -OCH3 is 2. The van der Waals surface area contributed by atoms with Crippen molar-refractivity contribution in [2.24, 2.45) is 0 Å². The van der Waals surface area contributed by atoms with Gasteiger partial charge >= 0.3 is 0 Å². The number of piperidine rings is 1. The Bertz CT molecular complexity index is 1660. The van der Waals surface area contributed by atoms with Gasteiger partial charge in [0.15, 0.2) is 5.01 Å². The van der Waals surface area contributed by atoms with Gasteiger partial charge in [0.1, 0.15) is 22.2 Å². The van der Waals surface area contributed by atoms with Crippen LogP contribution in [-0.2, 0) is 4.79 Å². The Kier molecular flexibility index (Phi) is 9.71. The van der Waals surface area contributed by atoms with Crippen molar-refractivity contribution in [3.63, 3.8) is 0 Å². The highest BCUT2D eigenvalue weighted by molar-refractivity contribution is 7.17. The fourth-order valence-electron chi connectivity index (χ4n) is 5.88. The summed E-state index contributed by atoms with van der Waals surface area (Å²) in [5, 5.41) is 16.5. The summed E-state index contributed by atoms with van der Waals surface area (Å²) in [6.07, 6.45) is 5.07. The highest BCUT2D eigenvalue weighted by Gasteiger charge is 2.28. The maximum atomic E-state index is 12.5. The van der Waals surface area contributed by atoms with E-state index in [-0.39, 0.29) is 5.91 Å². The van der Waals surface area contributed by atoms with Crippen molar-refractivity contribution >= 4 is 40.3 Å². The average Bonchev–Trinajstić information content (AvgIpc) is 3.60. The summed E-state index contributed by atoms with van der Waals surface area (Å²) in [5.41, 5.74) is 3.76. The highest BCUT2D eigenvalue weighted by atomic mass is 32.1. The zero-order chi connectivity index (χ0) is 32.0. The zero-order valence-corrected chi connectivity index (χ0v) is 27.2. The molecule has 0 unspecified atom stereocenters. The van der Waals surface area contributed by atoms with E-state index >= 15 is 0 Å². The Morgan fingerprint density at radius 2 is 1.70 bits per heavy atom. The monoisotopic (exact) mass is 641 g/mol. The van der Waals surface area contributed by atoms with Gasteiger partial charge in [0.05, 0.1) is 31.3 Å². The largest absolute Gasteiger partial charge is 0.497 e. The average molecular weight is 642 g/mol. The number of nitrogens with zero attached hydrogens (tertiary/aromatic N) is 7. The fourth-order valence-corrected chi connectivity index (χ4v) is 6.69. The van der Waals surface area contributed by atoms with E-state index in [1.54, 1.807) is 26.5 Å². The molecule has 4 heterocycles. The molecule has 2 aromatic carbocycles. The molecule has 2 fully saturated rings. The zero-order valence-electron chi connectivity index (χ0n) is 26.4. The molecule has 0 radical (unpaired) electrons. The maximum Gasteiger partial charge on any atom is 0.247 e. The van der Waals surface area contributed by atoms with Gasteiger partial charge in [0, 0.05) is 63.1 Å². The number of carbonyl (C=O) groups is 1. The van der Waals surface area contributed by atoms with Crippen molar-refractivity contribution in [2.45, 2.75) is 18.9 Å². The molecule has 13 heteroatoms. The standard InChI is InChI=1S/C33H39N9O3S/c1-5-30(43)35-26-20-27(29(45-4)21-28(26)42-14-11-23(12-15-42)41-18-16-40(2)17-19-41)37-33-34-13-10-25(36-33)32-39-38-31(46-32)22-6-8-24(44-3)9-7-22/h5-10,13,20-21,23H,1,11-12,14-19H2,2-4H3,(H,35,43)(H,34,36,37). The summed E-state index contributed by atoms with van der Waals surface area (Å²) in [4.78, 5) is 29.0. The minimum absolute atomic E-state index is 0.285. The summed E-state index contributed by atoms with van der Waals surface area (Å²) in [6, 6.07) is 13.9. The lowest BCUT2D eigenvalue weighted by Crippen LogP contribution is -2.52. The first kappa shape index (κ1) is 31.4. The number of hydrogen-bond acceptors (Lipinski definition) is 12. The van der Waals surface area contributed by atoms with Crippen LogP contribution in [0.4, 0.5) is 23.0 Å². The van der Waals surface area contributed by atoms with Crippen LogP contribution in [0.3, 0.4) is 0 Å². The molecule has 0 atom stereocenters. The molecule has 1 amide bonds. The minimum atomic E-state index is -0.285. The van der Waals surface area contributed by atoms with Gasteiger partial charge < -0.3 is 29.9 Å².